The molecule has 2 aromatic heterocycles. The van der Waals surface area contributed by atoms with Crippen molar-refractivity contribution in [2.24, 2.45) is 0 Å². The van der Waals surface area contributed by atoms with Gasteiger partial charge in [-0.15, -0.1) is 10.2 Å². The number of nitrogens with zero attached hydrogens (tertiary/aromatic N) is 5. The largest absolute Gasteiger partial charge is 0.216 e. The number of hydrogen-bond donors (Lipinski definition) is 0. The van der Waals surface area contributed by atoms with Gasteiger partial charge in [-0.3, -0.25) is 0 Å². The Hall–Kier alpha value is -1.66. The molecular weight excluding hydrogens is 306 g/mol. The van der Waals surface area contributed by atoms with Crippen LogP contribution in [-0.2, 0) is 6.42 Å². The fourth-order valence-corrected chi connectivity index (χ4v) is 2.63. The van der Waals surface area contributed by atoms with Crippen molar-refractivity contribution in [1.29, 1.82) is 0 Å². The number of aryl methyl sites for hydroxylation is 1. The van der Waals surface area contributed by atoms with Gasteiger partial charge in [0.05, 0.1) is 11.4 Å². The smallest absolute Gasteiger partial charge is 0.209 e. The molecule has 0 spiro atoms. The molecule has 5 nitrogen and oxygen atoms in total. The van der Waals surface area contributed by atoms with Gasteiger partial charge in [0, 0.05) is 5.02 Å². The van der Waals surface area contributed by atoms with Crippen molar-refractivity contribution in [3.63, 3.8) is 0 Å². The van der Waals surface area contributed by atoms with Crippen molar-refractivity contribution in [2.45, 2.75) is 24.9 Å². The average Bonchev–Trinajstić information content (AvgIpc) is 2.86. The van der Waals surface area contributed by atoms with Crippen molar-refractivity contribution in [2.75, 3.05) is 6.26 Å². The van der Waals surface area contributed by atoms with E-state index in [1.807, 2.05) is 30.5 Å². The van der Waals surface area contributed by atoms with Crippen LogP contribution in [0.3, 0.4) is 0 Å². The van der Waals surface area contributed by atoms with Crippen LogP contribution < -0.4 is 0 Å². The minimum absolute atomic E-state index is 0.658. The number of hydrogen-bond acceptors (Lipinski definition) is 5. The highest BCUT2D eigenvalue weighted by Crippen LogP contribution is 2.22. The molecule has 7 heteroatoms. The van der Waals surface area contributed by atoms with Gasteiger partial charge in [0.2, 0.25) is 10.8 Å². The van der Waals surface area contributed by atoms with E-state index in [2.05, 4.69) is 27.2 Å². The molecule has 0 aliphatic heterocycles. The van der Waals surface area contributed by atoms with Gasteiger partial charge in [-0.2, -0.15) is 5.10 Å². The van der Waals surface area contributed by atoms with Gasteiger partial charge in [-0.1, -0.05) is 42.8 Å². The highest BCUT2D eigenvalue weighted by molar-refractivity contribution is 7.98. The zero-order valence-corrected chi connectivity index (χ0v) is 13.3. The molecule has 0 saturated carbocycles. The molecule has 0 bridgehead atoms. The summed E-state index contributed by atoms with van der Waals surface area (Å²) in [5, 5.41) is 14.4. The Bertz CT molecular complexity index is 786. The molecule has 3 aromatic rings. The van der Waals surface area contributed by atoms with E-state index in [1.54, 1.807) is 4.68 Å². The van der Waals surface area contributed by atoms with Crippen LogP contribution in [0.2, 0.25) is 5.02 Å². The minimum Gasteiger partial charge on any atom is -0.216 e. The van der Waals surface area contributed by atoms with Crippen LogP contribution in [0.4, 0.5) is 0 Å². The number of benzene rings is 1. The molecule has 0 aliphatic rings. The van der Waals surface area contributed by atoms with E-state index in [-0.39, 0.29) is 0 Å². The first-order chi connectivity index (χ1) is 10.2. The minimum atomic E-state index is 0.658. The monoisotopic (exact) mass is 319 g/mol. The lowest BCUT2D eigenvalue weighted by atomic mass is 10.2. The molecule has 0 atom stereocenters. The second-order valence-electron chi connectivity index (χ2n) is 4.56. The molecule has 21 heavy (non-hydrogen) atoms. The van der Waals surface area contributed by atoms with Crippen LogP contribution in [0.15, 0.2) is 29.4 Å². The third-order valence-corrected chi connectivity index (χ3v) is 3.84. The molecule has 1 aromatic carbocycles. The molecular formula is C14H14ClN5S. The topological polar surface area (TPSA) is 56.5 Å². The van der Waals surface area contributed by atoms with E-state index in [0.717, 1.165) is 29.7 Å². The summed E-state index contributed by atoms with van der Waals surface area (Å²) in [5.41, 5.74) is 3.29. The van der Waals surface area contributed by atoms with Gasteiger partial charge < -0.3 is 0 Å². The first kappa shape index (κ1) is 14.3. The fraction of sp³-hybridized carbons (Fsp3) is 0.286. The van der Waals surface area contributed by atoms with E-state index < -0.39 is 0 Å². The molecule has 0 amide bonds. The van der Waals surface area contributed by atoms with Gasteiger partial charge >= 0.3 is 0 Å². The molecule has 0 saturated heterocycles. The Labute approximate surface area is 131 Å². The maximum atomic E-state index is 6.07. The number of rotatable bonds is 4. The van der Waals surface area contributed by atoms with Gasteiger partial charge in [-0.05, 0) is 30.9 Å². The standard InChI is InChI=1S/C14H14ClN5S/c1-3-5-11-12-13(17-18-14(16-12)21-2)20(19-11)10-7-4-6-9(15)8-10/h4,6-8H,3,5H2,1-2H3. The zero-order chi connectivity index (χ0) is 14.8. The van der Waals surface area contributed by atoms with E-state index in [0.29, 0.717) is 15.8 Å². The van der Waals surface area contributed by atoms with E-state index in [1.165, 1.54) is 11.8 Å². The zero-order valence-electron chi connectivity index (χ0n) is 11.7. The maximum Gasteiger partial charge on any atom is 0.209 e. The van der Waals surface area contributed by atoms with Crippen molar-refractivity contribution in [3.05, 3.63) is 35.0 Å². The summed E-state index contributed by atoms with van der Waals surface area (Å²) in [7, 11) is 0. The first-order valence-electron chi connectivity index (χ1n) is 6.65. The summed E-state index contributed by atoms with van der Waals surface area (Å²) < 4.78 is 1.76. The molecule has 2 heterocycles. The normalized spacial score (nSPS) is 11.2. The Kier molecular flexibility index (Phi) is 4.07. The van der Waals surface area contributed by atoms with Crippen LogP contribution in [0.25, 0.3) is 16.9 Å². The van der Waals surface area contributed by atoms with E-state index in [9.17, 15) is 0 Å². The third-order valence-electron chi connectivity index (χ3n) is 3.07. The molecule has 0 unspecified atom stereocenters. The number of halogens is 1. The predicted octanol–water partition coefficient (Wildman–Crippen LogP) is 3.54. The third kappa shape index (κ3) is 2.73. The van der Waals surface area contributed by atoms with E-state index in [4.69, 9.17) is 11.6 Å². The number of fused-ring (bicyclic) bond motifs is 1. The fourth-order valence-electron chi connectivity index (χ4n) is 2.14. The van der Waals surface area contributed by atoms with Crippen LogP contribution in [-0.4, -0.2) is 31.2 Å². The van der Waals surface area contributed by atoms with Gasteiger partial charge in [0.15, 0.2) is 0 Å². The Morgan fingerprint density at radius 3 is 2.86 bits per heavy atom. The SMILES string of the molecule is CCCc1nn(-c2cccc(Cl)c2)c2nnc(SC)nc12. The van der Waals surface area contributed by atoms with Gasteiger partial charge in [0.1, 0.15) is 5.52 Å². The second-order valence-corrected chi connectivity index (χ2v) is 5.77. The summed E-state index contributed by atoms with van der Waals surface area (Å²) in [4.78, 5) is 4.55. The summed E-state index contributed by atoms with van der Waals surface area (Å²) in [6.07, 6.45) is 3.79. The summed E-state index contributed by atoms with van der Waals surface area (Å²) in [6, 6.07) is 7.52. The van der Waals surface area contributed by atoms with Gasteiger partial charge in [0.25, 0.3) is 0 Å². The predicted molar refractivity (Wildman–Crippen MR) is 85.2 cm³/mol. The van der Waals surface area contributed by atoms with Gasteiger partial charge in [-0.25, -0.2) is 9.67 Å². The molecule has 0 fully saturated rings. The highest BCUT2D eigenvalue weighted by atomic mass is 35.5. The Balaban J connectivity index is 2.23. The Morgan fingerprint density at radius 2 is 2.14 bits per heavy atom. The van der Waals surface area contributed by atoms with Crippen LogP contribution >= 0.6 is 23.4 Å². The van der Waals surface area contributed by atoms with Crippen molar-refractivity contribution >= 4 is 34.5 Å². The van der Waals surface area contributed by atoms with E-state index >= 15 is 0 Å². The molecule has 3 rings (SSSR count). The van der Waals surface area contributed by atoms with Crippen molar-refractivity contribution in [3.8, 4) is 5.69 Å². The quantitative estimate of drug-likeness (QED) is 0.688. The molecule has 108 valence electrons. The number of thioether (sulfide) groups is 1. The average molecular weight is 320 g/mol. The summed E-state index contributed by atoms with van der Waals surface area (Å²) in [5.74, 6) is 0. The highest BCUT2D eigenvalue weighted by Gasteiger charge is 2.15. The summed E-state index contributed by atoms with van der Waals surface area (Å²) >= 11 is 7.54. The van der Waals surface area contributed by atoms with Crippen LogP contribution in [0.5, 0.6) is 0 Å². The van der Waals surface area contributed by atoms with Crippen molar-refractivity contribution < 1.29 is 0 Å². The second kappa shape index (κ2) is 5.99. The molecule has 0 N–H and O–H groups in total. The molecule has 0 radical (unpaired) electrons. The lowest BCUT2D eigenvalue weighted by molar-refractivity contribution is 0.808. The van der Waals surface area contributed by atoms with Crippen LogP contribution in [0.1, 0.15) is 19.0 Å². The van der Waals surface area contributed by atoms with Crippen LogP contribution in [0, 0.1) is 0 Å². The van der Waals surface area contributed by atoms with Crippen molar-refractivity contribution in [1.82, 2.24) is 25.0 Å². The Morgan fingerprint density at radius 1 is 1.29 bits per heavy atom. The molecule has 0 aliphatic carbocycles. The first-order valence-corrected chi connectivity index (χ1v) is 8.25. The maximum absolute atomic E-state index is 6.07. The lowest BCUT2D eigenvalue weighted by Gasteiger charge is -2.02. The number of aromatic nitrogens is 5. The summed E-state index contributed by atoms with van der Waals surface area (Å²) in [6.45, 7) is 2.12. The lowest BCUT2D eigenvalue weighted by Crippen LogP contribution is -1.99.